The summed E-state index contributed by atoms with van der Waals surface area (Å²) >= 11 is 0. The molecule has 4 aromatic rings. The lowest BCUT2D eigenvalue weighted by Gasteiger charge is -2.29. The summed E-state index contributed by atoms with van der Waals surface area (Å²) in [7, 11) is 0. The monoisotopic (exact) mass is 669 g/mol. The molecular weight excluding hydrogens is 633 g/mol. The minimum atomic E-state index is -1.47. The fraction of sp³-hybridized carbons (Fsp3) is 0.389. The number of nitrogens with one attached hydrogen (secondary N) is 2. The average molecular weight is 670 g/mol. The lowest BCUT2D eigenvalue weighted by molar-refractivity contribution is -0.145. The molecule has 4 heterocycles. The number of carbonyl (C=O) groups is 4. The van der Waals surface area contributed by atoms with Crippen LogP contribution in [0.5, 0.6) is 5.88 Å². The summed E-state index contributed by atoms with van der Waals surface area (Å²) in [5.74, 6) is -3.02. The van der Waals surface area contributed by atoms with Gasteiger partial charge in [-0.15, -0.1) is 0 Å². The number of benzene rings is 2. The van der Waals surface area contributed by atoms with Gasteiger partial charge in [0.05, 0.1) is 12.1 Å². The second-order valence-corrected chi connectivity index (χ2v) is 13.1. The summed E-state index contributed by atoms with van der Waals surface area (Å²) in [6, 6.07) is 11.1. The molecule has 5 atom stereocenters. The van der Waals surface area contributed by atoms with Crippen LogP contribution in [0.1, 0.15) is 61.2 Å². The van der Waals surface area contributed by atoms with Gasteiger partial charge in [0.2, 0.25) is 17.7 Å². The summed E-state index contributed by atoms with van der Waals surface area (Å²) in [4.78, 5) is 59.9. The Morgan fingerprint density at radius 2 is 1.92 bits per heavy atom. The number of hydrogen-bond donors (Lipinski definition) is 3. The number of pyridine rings is 1. The van der Waals surface area contributed by atoms with Gasteiger partial charge in [0, 0.05) is 35.2 Å². The molecule has 7 rings (SSSR count). The van der Waals surface area contributed by atoms with Crippen LogP contribution in [-0.4, -0.2) is 74.1 Å². The molecular formula is C36H36FN5O7. The number of aryl methyl sites for hydroxylation is 1. The van der Waals surface area contributed by atoms with E-state index in [0.717, 1.165) is 30.0 Å². The Balaban J connectivity index is 1.22. The number of aliphatic carboxylic acids is 1. The van der Waals surface area contributed by atoms with Gasteiger partial charge in [-0.05, 0) is 56.2 Å². The molecule has 1 saturated heterocycles. The zero-order chi connectivity index (χ0) is 34.3. The lowest BCUT2D eigenvalue weighted by Crippen LogP contribution is -2.56. The Morgan fingerprint density at radius 1 is 1.10 bits per heavy atom. The molecule has 0 bridgehead atoms. The van der Waals surface area contributed by atoms with Crippen molar-refractivity contribution in [3.05, 3.63) is 78.0 Å². The third-order valence-electron chi connectivity index (χ3n) is 9.69. The van der Waals surface area contributed by atoms with E-state index < -0.39 is 53.2 Å². The van der Waals surface area contributed by atoms with E-state index in [1.54, 1.807) is 13.0 Å². The van der Waals surface area contributed by atoms with Crippen LogP contribution in [0.2, 0.25) is 0 Å². The van der Waals surface area contributed by atoms with Gasteiger partial charge in [0.25, 0.3) is 5.91 Å². The predicted octanol–water partition coefficient (Wildman–Crippen LogP) is 4.45. The summed E-state index contributed by atoms with van der Waals surface area (Å²) in [6.07, 6.45) is 6.58. The minimum Gasteiger partial charge on any atom is -0.479 e. The van der Waals surface area contributed by atoms with Crippen molar-refractivity contribution in [1.82, 2.24) is 25.7 Å². The molecule has 254 valence electrons. The van der Waals surface area contributed by atoms with Crippen molar-refractivity contribution in [3.63, 3.8) is 0 Å². The van der Waals surface area contributed by atoms with Crippen LogP contribution in [0.3, 0.4) is 0 Å². The van der Waals surface area contributed by atoms with E-state index in [-0.39, 0.29) is 36.9 Å². The summed E-state index contributed by atoms with van der Waals surface area (Å²) < 4.78 is 25.7. The van der Waals surface area contributed by atoms with Gasteiger partial charge in [-0.2, -0.15) is 0 Å². The normalized spacial score (nSPS) is 26.0. The Labute approximate surface area is 280 Å². The number of carboxylic acids is 1. The van der Waals surface area contributed by atoms with Crippen LogP contribution in [0, 0.1) is 18.7 Å². The van der Waals surface area contributed by atoms with Crippen LogP contribution in [0.4, 0.5) is 4.39 Å². The first-order chi connectivity index (χ1) is 23.6. The van der Waals surface area contributed by atoms with E-state index >= 15 is 0 Å². The topological polar surface area (TPSA) is 164 Å². The number of nitrogens with zero attached hydrogens (tertiary/aromatic N) is 3. The summed E-state index contributed by atoms with van der Waals surface area (Å²) in [5.41, 5.74) is -1.06. The largest absolute Gasteiger partial charge is 0.479 e. The first-order valence-corrected chi connectivity index (χ1v) is 16.5. The Morgan fingerprint density at radius 3 is 2.69 bits per heavy atom. The highest BCUT2D eigenvalue weighted by Crippen LogP contribution is 2.45. The van der Waals surface area contributed by atoms with Gasteiger partial charge < -0.3 is 29.9 Å². The first-order valence-electron chi connectivity index (χ1n) is 16.5. The van der Waals surface area contributed by atoms with Gasteiger partial charge in [-0.25, -0.2) is 14.2 Å². The van der Waals surface area contributed by atoms with E-state index in [0.29, 0.717) is 29.5 Å². The number of carbonyl (C=O) groups excluding carboxylic acids is 3. The number of amides is 3. The van der Waals surface area contributed by atoms with E-state index in [1.807, 2.05) is 36.4 Å². The molecule has 2 aromatic heterocycles. The van der Waals surface area contributed by atoms with Gasteiger partial charge in [0.15, 0.2) is 5.69 Å². The number of ether oxygens (including phenoxy) is 1. The number of carboxylic acid groups (broad SMARTS) is 1. The van der Waals surface area contributed by atoms with Gasteiger partial charge in [-0.3, -0.25) is 14.4 Å². The molecule has 3 N–H and O–H groups in total. The molecule has 3 amide bonds. The molecule has 49 heavy (non-hydrogen) atoms. The summed E-state index contributed by atoms with van der Waals surface area (Å²) in [6.45, 7) is 1.62. The van der Waals surface area contributed by atoms with E-state index in [1.165, 1.54) is 23.1 Å². The van der Waals surface area contributed by atoms with Gasteiger partial charge in [0.1, 0.15) is 35.3 Å². The van der Waals surface area contributed by atoms with Gasteiger partial charge >= 0.3 is 5.97 Å². The number of hydrogen-bond acceptors (Lipinski definition) is 8. The van der Waals surface area contributed by atoms with E-state index in [9.17, 15) is 28.7 Å². The van der Waals surface area contributed by atoms with E-state index in [2.05, 4.69) is 20.8 Å². The maximum atomic E-state index is 14.4. The highest BCUT2D eigenvalue weighted by molar-refractivity contribution is 6.07. The quantitative estimate of drug-likeness (QED) is 0.206. The van der Waals surface area contributed by atoms with Crippen LogP contribution >= 0.6 is 0 Å². The van der Waals surface area contributed by atoms with Crippen molar-refractivity contribution in [2.75, 3.05) is 6.54 Å². The fourth-order valence-electron chi connectivity index (χ4n) is 7.00. The van der Waals surface area contributed by atoms with E-state index in [4.69, 9.17) is 9.26 Å². The molecule has 1 saturated carbocycles. The van der Waals surface area contributed by atoms with Crippen molar-refractivity contribution in [2.24, 2.45) is 5.92 Å². The maximum absolute atomic E-state index is 14.4. The fourth-order valence-corrected chi connectivity index (χ4v) is 7.00. The smallest absolute Gasteiger partial charge is 0.330 e. The number of fused-ring (bicyclic) bond motifs is 5. The molecule has 2 fully saturated rings. The zero-order valence-electron chi connectivity index (χ0n) is 26.9. The molecule has 3 aliphatic rings. The molecule has 1 unspecified atom stereocenters. The zero-order valence-corrected chi connectivity index (χ0v) is 26.9. The van der Waals surface area contributed by atoms with Crippen molar-refractivity contribution >= 4 is 45.4 Å². The van der Waals surface area contributed by atoms with Crippen LogP contribution in [0.25, 0.3) is 21.7 Å². The summed E-state index contributed by atoms with van der Waals surface area (Å²) in [5, 5.41) is 21.7. The van der Waals surface area contributed by atoms with Gasteiger partial charge in [-0.1, -0.05) is 48.3 Å². The number of rotatable bonds is 5. The second-order valence-electron chi connectivity index (χ2n) is 13.1. The number of halogens is 1. The van der Waals surface area contributed by atoms with Crippen molar-refractivity contribution in [3.8, 4) is 5.88 Å². The molecule has 0 radical (unpaired) electrons. The first kappa shape index (κ1) is 32.2. The molecule has 0 spiro atoms. The molecule has 1 aliphatic carbocycles. The average Bonchev–Trinajstić information content (AvgIpc) is 3.36. The van der Waals surface area contributed by atoms with Crippen molar-refractivity contribution in [1.29, 1.82) is 0 Å². The lowest BCUT2D eigenvalue weighted by atomic mass is 10.0. The minimum absolute atomic E-state index is 0.0251. The molecule has 13 heteroatoms. The Kier molecular flexibility index (Phi) is 8.51. The highest BCUT2D eigenvalue weighted by atomic mass is 19.1. The second kappa shape index (κ2) is 12.9. The maximum Gasteiger partial charge on any atom is 0.330 e. The third kappa shape index (κ3) is 6.32. The molecule has 2 aliphatic heterocycles. The van der Waals surface area contributed by atoms with Crippen LogP contribution < -0.4 is 15.4 Å². The Bertz CT molecular complexity index is 1990. The third-order valence-corrected chi connectivity index (χ3v) is 9.69. The standard InChI is InChI=1S/C36H36FN5O7/c1-20-15-29(41-49-20)31(43)38-27-12-6-4-2-3-5-9-21-18-36(21,35(46)47)40-32(44)30-17-23(19-42(30)34(27)45)48-33-26-11-8-7-10-24(26)25-14-13-22(37)16-28(25)39-33/h5,7-11,13-16,21,23,27,30H,2-4,6,12,17-19H2,1H3,(H,38,43)(H,40,44)(H,46,47)/t21-,23?,27+,30+,36-/m1/s1. The number of allylic oxidation sites excluding steroid dienone is 1. The Hall–Kier alpha value is -5.33. The van der Waals surface area contributed by atoms with Crippen LogP contribution in [-0.2, 0) is 14.4 Å². The molecule has 2 aromatic carbocycles. The highest BCUT2D eigenvalue weighted by Gasteiger charge is 2.61. The van der Waals surface area contributed by atoms with Crippen LogP contribution in [0.15, 0.2) is 65.2 Å². The van der Waals surface area contributed by atoms with Crippen molar-refractivity contribution in [2.45, 2.75) is 75.6 Å². The predicted molar refractivity (Wildman–Crippen MR) is 175 cm³/mol. The molecule has 12 nitrogen and oxygen atoms in total. The van der Waals surface area contributed by atoms with Crippen molar-refractivity contribution < 1.29 is 37.9 Å². The number of aromatic nitrogens is 2. The SMILES string of the molecule is Cc1cc(C(=O)N[C@H]2CCCCCC=C[C@@H]3C[C@@]3(C(=O)O)NC(=O)[C@@H]3CC(Oc4nc5cc(F)ccc5c5ccccc45)CN3C2=O)no1.